The van der Waals surface area contributed by atoms with Crippen LogP contribution in [0.1, 0.15) is 10.5 Å². The van der Waals surface area contributed by atoms with Gasteiger partial charge in [-0.2, -0.15) is 5.10 Å². The number of ether oxygens (including phenoxy) is 1. The lowest BCUT2D eigenvalue weighted by atomic mass is 10.4. The van der Waals surface area contributed by atoms with Crippen LogP contribution in [0.5, 0.6) is 0 Å². The first kappa shape index (κ1) is 11.3. The number of halogens is 3. The average Bonchev–Trinajstić information content (AvgIpc) is 2.44. The monoisotopic (exact) mass is 316 g/mol. The van der Waals surface area contributed by atoms with Gasteiger partial charge in [0.1, 0.15) is 6.54 Å². The van der Waals surface area contributed by atoms with Crippen LogP contribution >= 0.6 is 22.6 Å². The lowest BCUT2D eigenvalue weighted by molar-refractivity contribution is 0.0589. The summed E-state index contributed by atoms with van der Waals surface area (Å²) >= 11 is 1.84. The molecule has 7 heteroatoms. The van der Waals surface area contributed by atoms with Gasteiger partial charge < -0.3 is 4.74 Å². The molecule has 78 valence electrons. The van der Waals surface area contributed by atoms with Crippen LogP contribution in [0.2, 0.25) is 0 Å². The Hall–Kier alpha value is -0.730. The van der Waals surface area contributed by atoms with E-state index in [4.69, 9.17) is 0 Å². The van der Waals surface area contributed by atoms with E-state index in [0.717, 1.165) is 4.68 Å². The molecule has 0 aliphatic rings. The topological polar surface area (TPSA) is 44.1 Å². The number of nitrogens with zero attached hydrogens (tertiary/aromatic N) is 2. The second kappa shape index (κ2) is 4.67. The van der Waals surface area contributed by atoms with Crippen molar-refractivity contribution in [1.29, 1.82) is 0 Å². The van der Waals surface area contributed by atoms with E-state index in [-0.39, 0.29) is 5.69 Å². The van der Waals surface area contributed by atoms with E-state index >= 15 is 0 Å². The van der Waals surface area contributed by atoms with Crippen molar-refractivity contribution in [3.8, 4) is 0 Å². The maximum Gasteiger partial charge on any atom is 0.359 e. The zero-order valence-corrected chi connectivity index (χ0v) is 9.36. The van der Waals surface area contributed by atoms with Crippen molar-refractivity contribution in [3.63, 3.8) is 0 Å². The summed E-state index contributed by atoms with van der Waals surface area (Å²) in [5.41, 5.74) is 0.0637. The number of rotatable bonds is 3. The Kier molecular flexibility index (Phi) is 3.78. The first-order valence-electron chi connectivity index (χ1n) is 3.64. The zero-order valence-electron chi connectivity index (χ0n) is 7.21. The maximum atomic E-state index is 12.0. The van der Waals surface area contributed by atoms with Gasteiger partial charge in [-0.05, 0) is 22.6 Å². The molecule has 1 aromatic rings. The highest BCUT2D eigenvalue weighted by molar-refractivity contribution is 14.1. The van der Waals surface area contributed by atoms with Crippen molar-refractivity contribution in [2.24, 2.45) is 0 Å². The molecule has 0 aliphatic heterocycles. The molecule has 0 radical (unpaired) electrons. The number of carbonyl (C=O) groups is 1. The number of hydrogen-bond donors (Lipinski definition) is 0. The molecular formula is C7H7F2IN2O2. The van der Waals surface area contributed by atoms with Gasteiger partial charge >= 0.3 is 5.97 Å². The van der Waals surface area contributed by atoms with Crippen molar-refractivity contribution >= 4 is 28.6 Å². The molecule has 0 saturated heterocycles. The summed E-state index contributed by atoms with van der Waals surface area (Å²) in [5, 5.41) is 3.68. The third-order valence-corrected chi connectivity index (χ3v) is 2.21. The molecule has 1 aromatic heterocycles. The van der Waals surface area contributed by atoms with Crippen LogP contribution in [0.3, 0.4) is 0 Å². The fraction of sp³-hybridized carbons (Fsp3) is 0.429. The van der Waals surface area contributed by atoms with Crippen molar-refractivity contribution in [1.82, 2.24) is 9.78 Å². The van der Waals surface area contributed by atoms with Crippen LogP contribution in [-0.4, -0.2) is 29.3 Å². The SMILES string of the molecule is COC(=O)c1nn(CC(F)F)cc1I. The summed E-state index contributed by atoms with van der Waals surface area (Å²) in [4.78, 5) is 11.0. The predicted molar refractivity (Wildman–Crippen MR) is 52.3 cm³/mol. The Morgan fingerprint density at radius 1 is 1.79 bits per heavy atom. The zero-order chi connectivity index (χ0) is 10.7. The van der Waals surface area contributed by atoms with Gasteiger partial charge in [-0.3, -0.25) is 4.68 Å². The fourth-order valence-electron chi connectivity index (χ4n) is 0.867. The molecule has 4 nitrogen and oxygen atoms in total. The summed E-state index contributed by atoms with van der Waals surface area (Å²) in [7, 11) is 1.21. The number of aromatic nitrogens is 2. The summed E-state index contributed by atoms with van der Waals surface area (Å²) in [6, 6.07) is 0. The van der Waals surface area contributed by atoms with Crippen LogP contribution in [-0.2, 0) is 11.3 Å². The number of methoxy groups -OCH3 is 1. The molecular weight excluding hydrogens is 309 g/mol. The number of alkyl halides is 2. The predicted octanol–water partition coefficient (Wildman–Crippen LogP) is 1.54. The van der Waals surface area contributed by atoms with Gasteiger partial charge in [-0.15, -0.1) is 0 Å². The first-order valence-corrected chi connectivity index (χ1v) is 4.72. The molecule has 0 amide bonds. The van der Waals surface area contributed by atoms with Gasteiger partial charge in [0.15, 0.2) is 5.69 Å². The number of esters is 1. The molecule has 0 fully saturated rings. The first-order chi connectivity index (χ1) is 6.54. The van der Waals surface area contributed by atoms with Gasteiger partial charge in [0.25, 0.3) is 6.43 Å². The lowest BCUT2D eigenvalue weighted by Crippen LogP contribution is -2.09. The minimum absolute atomic E-state index is 0.0637. The van der Waals surface area contributed by atoms with Crippen LogP contribution in [0.15, 0.2) is 6.20 Å². The molecule has 0 spiro atoms. The Bertz CT molecular complexity index is 340. The molecule has 0 bridgehead atoms. The highest BCUT2D eigenvalue weighted by Crippen LogP contribution is 2.12. The van der Waals surface area contributed by atoms with Crippen LogP contribution in [0.25, 0.3) is 0 Å². The number of carbonyl (C=O) groups excluding carboxylic acids is 1. The van der Waals surface area contributed by atoms with Gasteiger partial charge in [0.05, 0.1) is 10.7 Å². The molecule has 0 atom stereocenters. The van der Waals surface area contributed by atoms with Gasteiger partial charge in [-0.1, -0.05) is 0 Å². The van der Waals surface area contributed by atoms with E-state index in [2.05, 4.69) is 9.84 Å². The minimum atomic E-state index is -2.49. The summed E-state index contributed by atoms with van der Waals surface area (Å²) in [6.07, 6.45) is -1.12. The average molecular weight is 316 g/mol. The van der Waals surface area contributed by atoms with E-state index < -0.39 is 18.9 Å². The molecule has 0 saturated carbocycles. The third-order valence-electron chi connectivity index (χ3n) is 1.42. The van der Waals surface area contributed by atoms with E-state index in [1.54, 1.807) is 0 Å². The summed E-state index contributed by atoms with van der Waals surface area (Å²) in [6.45, 7) is -0.521. The van der Waals surface area contributed by atoms with E-state index in [0.29, 0.717) is 3.57 Å². The highest BCUT2D eigenvalue weighted by Gasteiger charge is 2.16. The van der Waals surface area contributed by atoms with Crippen molar-refractivity contribution < 1.29 is 18.3 Å². The Labute approximate surface area is 92.4 Å². The highest BCUT2D eigenvalue weighted by atomic mass is 127. The maximum absolute atomic E-state index is 12.0. The Morgan fingerprint density at radius 2 is 2.43 bits per heavy atom. The third kappa shape index (κ3) is 2.63. The van der Waals surface area contributed by atoms with E-state index in [1.807, 2.05) is 22.6 Å². The molecule has 0 N–H and O–H groups in total. The number of hydrogen-bond acceptors (Lipinski definition) is 3. The van der Waals surface area contributed by atoms with E-state index in [9.17, 15) is 13.6 Å². The minimum Gasteiger partial charge on any atom is -0.464 e. The fourth-order valence-corrected chi connectivity index (χ4v) is 1.52. The summed E-state index contributed by atoms with van der Waals surface area (Å²) < 4.78 is 29.9. The van der Waals surface area contributed by atoms with Crippen LogP contribution < -0.4 is 0 Å². The normalized spacial score (nSPS) is 10.6. The Morgan fingerprint density at radius 3 is 2.93 bits per heavy atom. The largest absolute Gasteiger partial charge is 0.464 e. The molecule has 1 rings (SSSR count). The van der Waals surface area contributed by atoms with Crippen molar-refractivity contribution in [2.75, 3.05) is 7.11 Å². The summed E-state index contributed by atoms with van der Waals surface area (Å²) in [5.74, 6) is -0.623. The lowest BCUT2D eigenvalue weighted by Gasteiger charge is -1.98. The molecule has 0 aromatic carbocycles. The standard InChI is InChI=1S/C7H7F2IN2O2/c1-14-7(13)6-4(10)2-12(11-6)3-5(8)9/h2,5H,3H2,1H3. The molecule has 0 unspecified atom stereocenters. The van der Waals surface area contributed by atoms with Crippen molar-refractivity contribution in [3.05, 3.63) is 15.5 Å². The molecule has 14 heavy (non-hydrogen) atoms. The van der Waals surface area contributed by atoms with Crippen LogP contribution in [0.4, 0.5) is 8.78 Å². The molecule has 1 heterocycles. The Balaban J connectivity index is 2.87. The quantitative estimate of drug-likeness (QED) is 0.628. The van der Waals surface area contributed by atoms with Crippen molar-refractivity contribution in [2.45, 2.75) is 13.0 Å². The second-order valence-corrected chi connectivity index (χ2v) is 3.59. The van der Waals surface area contributed by atoms with E-state index in [1.165, 1.54) is 13.3 Å². The van der Waals surface area contributed by atoms with Gasteiger partial charge in [0, 0.05) is 6.20 Å². The molecule has 0 aliphatic carbocycles. The van der Waals surface area contributed by atoms with Crippen LogP contribution in [0, 0.1) is 3.57 Å². The van der Waals surface area contributed by atoms with Gasteiger partial charge in [-0.25, -0.2) is 13.6 Å². The second-order valence-electron chi connectivity index (χ2n) is 2.43. The smallest absolute Gasteiger partial charge is 0.359 e. The van der Waals surface area contributed by atoms with Gasteiger partial charge in [0.2, 0.25) is 0 Å².